The Morgan fingerprint density at radius 1 is 1.19 bits per heavy atom. The molecular weight excluding hydrogens is 386 g/mol. The highest BCUT2D eigenvalue weighted by Crippen LogP contribution is 2.36. The summed E-state index contributed by atoms with van der Waals surface area (Å²) in [5, 5.41) is 10.5. The molecule has 1 N–H and O–H groups in total. The van der Waals surface area contributed by atoms with E-state index in [1.54, 1.807) is 18.2 Å². The monoisotopic (exact) mass is 397 g/mol. The van der Waals surface area contributed by atoms with Crippen LogP contribution < -0.4 is 15.0 Å². The number of nitrogens with zero attached hydrogens (tertiary/aromatic N) is 2. The minimum absolute atomic E-state index is 0.0373. The van der Waals surface area contributed by atoms with Gasteiger partial charge in [0, 0.05) is 16.3 Å². The van der Waals surface area contributed by atoms with Crippen molar-refractivity contribution in [2.24, 2.45) is 0 Å². The van der Waals surface area contributed by atoms with Crippen LogP contribution in [0.15, 0.2) is 52.4 Å². The maximum atomic E-state index is 12.4. The molecule has 0 atom stereocenters. The molecule has 0 spiro atoms. The summed E-state index contributed by atoms with van der Waals surface area (Å²) in [5.74, 6) is 1.79. The molecule has 0 amide bonds. The molecular formula is C19H12ClN3O3S. The quantitative estimate of drug-likeness (QED) is 0.529. The van der Waals surface area contributed by atoms with Gasteiger partial charge in [-0.3, -0.25) is 4.79 Å². The standard InChI is InChI=1S/C19H12ClN3O3S/c20-13-4-1-11(2-5-13)9-27-19-22-17(14(8-21)18(24)23-19)12-3-6-15-16(7-12)26-10-25-15/h1-7H,9-10H2,(H,22,23,24). The molecule has 8 heteroatoms. The third kappa shape index (κ3) is 3.63. The van der Waals surface area contributed by atoms with Crippen LogP contribution in [0.5, 0.6) is 11.5 Å². The lowest BCUT2D eigenvalue weighted by Gasteiger charge is -2.07. The molecule has 0 unspecified atom stereocenters. The van der Waals surface area contributed by atoms with E-state index in [0.29, 0.717) is 38.7 Å². The highest BCUT2D eigenvalue weighted by Gasteiger charge is 2.18. The summed E-state index contributed by atoms with van der Waals surface area (Å²) in [6, 6.07) is 14.6. The summed E-state index contributed by atoms with van der Waals surface area (Å²) in [7, 11) is 0. The van der Waals surface area contributed by atoms with E-state index in [2.05, 4.69) is 9.97 Å². The number of rotatable bonds is 4. The SMILES string of the molecule is N#Cc1c(-c2ccc3c(c2)OCO3)nc(SCc2ccc(Cl)cc2)[nH]c1=O. The lowest BCUT2D eigenvalue weighted by atomic mass is 10.1. The fraction of sp³-hybridized carbons (Fsp3) is 0.105. The first kappa shape index (κ1) is 17.5. The van der Waals surface area contributed by atoms with E-state index in [9.17, 15) is 10.1 Å². The number of ether oxygens (including phenoxy) is 2. The van der Waals surface area contributed by atoms with E-state index in [1.807, 2.05) is 30.3 Å². The second-order valence-electron chi connectivity index (χ2n) is 5.69. The number of nitrogens with one attached hydrogen (secondary N) is 1. The average molecular weight is 398 g/mol. The molecule has 1 aliphatic heterocycles. The van der Waals surface area contributed by atoms with Crippen LogP contribution in [0.4, 0.5) is 0 Å². The first-order valence-electron chi connectivity index (χ1n) is 7.96. The Bertz CT molecular complexity index is 1110. The number of H-pyrrole nitrogens is 1. The summed E-state index contributed by atoms with van der Waals surface area (Å²) in [6.45, 7) is 0.148. The van der Waals surface area contributed by atoms with Gasteiger partial charge in [0.2, 0.25) is 6.79 Å². The van der Waals surface area contributed by atoms with Crippen molar-refractivity contribution in [3.8, 4) is 28.8 Å². The van der Waals surface area contributed by atoms with Crippen molar-refractivity contribution in [2.45, 2.75) is 10.9 Å². The van der Waals surface area contributed by atoms with Crippen LogP contribution in [0.1, 0.15) is 11.1 Å². The van der Waals surface area contributed by atoms with E-state index in [0.717, 1.165) is 5.56 Å². The van der Waals surface area contributed by atoms with Crippen LogP contribution in [0.2, 0.25) is 5.02 Å². The molecule has 0 fully saturated rings. The number of aromatic amines is 1. The normalized spacial score (nSPS) is 12.0. The number of halogens is 1. The Labute approximate surface area is 163 Å². The van der Waals surface area contributed by atoms with Gasteiger partial charge < -0.3 is 14.5 Å². The lowest BCUT2D eigenvalue weighted by molar-refractivity contribution is 0.174. The lowest BCUT2D eigenvalue weighted by Crippen LogP contribution is -2.14. The van der Waals surface area contributed by atoms with Gasteiger partial charge in [0.05, 0.1) is 5.69 Å². The predicted molar refractivity (Wildman–Crippen MR) is 102 cm³/mol. The van der Waals surface area contributed by atoms with Crippen LogP contribution in [-0.4, -0.2) is 16.8 Å². The third-order valence-corrected chi connectivity index (χ3v) is 5.14. The van der Waals surface area contributed by atoms with Gasteiger partial charge in [0.25, 0.3) is 5.56 Å². The maximum absolute atomic E-state index is 12.4. The van der Waals surface area contributed by atoms with Gasteiger partial charge in [-0.05, 0) is 35.9 Å². The molecule has 0 saturated carbocycles. The number of benzene rings is 2. The van der Waals surface area contributed by atoms with Crippen molar-refractivity contribution in [1.82, 2.24) is 9.97 Å². The first-order chi connectivity index (χ1) is 13.1. The number of hydrogen-bond donors (Lipinski definition) is 1. The minimum Gasteiger partial charge on any atom is -0.454 e. The number of fused-ring (bicyclic) bond motifs is 1. The molecule has 6 nitrogen and oxygen atoms in total. The number of hydrogen-bond acceptors (Lipinski definition) is 6. The van der Waals surface area contributed by atoms with E-state index in [1.165, 1.54) is 11.8 Å². The second-order valence-corrected chi connectivity index (χ2v) is 7.09. The largest absolute Gasteiger partial charge is 0.454 e. The van der Waals surface area contributed by atoms with Gasteiger partial charge in [-0.15, -0.1) is 0 Å². The molecule has 0 aliphatic carbocycles. The molecule has 2 aromatic carbocycles. The number of nitriles is 1. The second kappa shape index (κ2) is 7.35. The third-order valence-electron chi connectivity index (χ3n) is 3.94. The molecule has 3 aromatic rings. The summed E-state index contributed by atoms with van der Waals surface area (Å²) >= 11 is 7.27. The first-order valence-corrected chi connectivity index (χ1v) is 9.32. The Morgan fingerprint density at radius 2 is 1.96 bits per heavy atom. The topological polar surface area (TPSA) is 88.0 Å². The van der Waals surface area contributed by atoms with Gasteiger partial charge in [-0.1, -0.05) is 35.5 Å². The summed E-state index contributed by atoms with van der Waals surface area (Å²) in [4.78, 5) is 19.5. The predicted octanol–water partition coefficient (Wildman–Crippen LogP) is 3.98. The van der Waals surface area contributed by atoms with Crippen molar-refractivity contribution in [3.63, 3.8) is 0 Å². The van der Waals surface area contributed by atoms with Gasteiger partial charge in [0.1, 0.15) is 11.6 Å². The summed E-state index contributed by atoms with van der Waals surface area (Å²) in [5.41, 5.74) is 1.47. The average Bonchev–Trinajstić information content (AvgIpc) is 3.15. The van der Waals surface area contributed by atoms with Crippen LogP contribution in [0.3, 0.4) is 0 Å². The molecule has 2 heterocycles. The maximum Gasteiger partial charge on any atom is 0.270 e. The van der Waals surface area contributed by atoms with Crippen molar-refractivity contribution >= 4 is 23.4 Å². The van der Waals surface area contributed by atoms with Gasteiger partial charge in [-0.2, -0.15) is 5.26 Å². The van der Waals surface area contributed by atoms with Crippen molar-refractivity contribution in [2.75, 3.05) is 6.79 Å². The summed E-state index contributed by atoms with van der Waals surface area (Å²) < 4.78 is 10.7. The highest BCUT2D eigenvalue weighted by atomic mass is 35.5. The van der Waals surface area contributed by atoms with E-state index >= 15 is 0 Å². The van der Waals surface area contributed by atoms with Crippen molar-refractivity contribution < 1.29 is 9.47 Å². The van der Waals surface area contributed by atoms with Gasteiger partial charge >= 0.3 is 0 Å². The fourth-order valence-electron chi connectivity index (χ4n) is 2.61. The highest BCUT2D eigenvalue weighted by molar-refractivity contribution is 7.98. The Hall–Kier alpha value is -2.95. The number of thioether (sulfide) groups is 1. The van der Waals surface area contributed by atoms with Crippen LogP contribution in [0, 0.1) is 11.3 Å². The van der Waals surface area contributed by atoms with Crippen molar-refractivity contribution in [1.29, 1.82) is 5.26 Å². The Balaban J connectivity index is 1.67. The molecule has 0 bridgehead atoms. The molecule has 134 valence electrons. The van der Waals surface area contributed by atoms with Crippen molar-refractivity contribution in [3.05, 3.63) is 69.0 Å². The zero-order valence-corrected chi connectivity index (χ0v) is 15.4. The number of aromatic nitrogens is 2. The Kier molecular flexibility index (Phi) is 4.75. The fourth-order valence-corrected chi connectivity index (χ4v) is 3.55. The zero-order valence-electron chi connectivity index (χ0n) is 13.9. The molecule has 0 radical (unpaired) electrons. The molecule has 1 aliphatic rings. The molecule has 1 aromatic heterocycles. The van der Waals surface area contributed by atoms with E-state index < -0.39 is 5.56 Å². The molecule has 27 heavy (non-hydrogen) atoms. The smallest absolute Gasteiger partial charge is 0.270 e. The van der Waals surface area contributed by atoms with E-state index in [4.69, 9.17) is 21.1 Å². The minimum atomic E-state index is -0.473. The van der Waals surface area contributed by atoms with Crippen LogP contribution >= 0.6 is 23.4 Å². The Morgan fingerprint density at radius 3 is 2.74 bits per heavy atom. The summed E-state index contributed by atoms with van der Waals surface area (Å²) in [6.07, 6.45) is 0. The van der Waals surface area contributed by atoms with E-state index in [-0.39, 0.29) is 12.4 Å². The van der Waals surface area contributed by atoms with Gasteiger partial charge in [-0.25, -0.2) is 4.98 Å². The van der Waals surface area contributed by atoms with Crippen LogP contribution in [-0.2, 0) is 5.75 Å². The molecule has 4 rings (SSSR count). The zero-order chi connectivity index (χ0) is 18.8. The van der Waals surface area contributed by atoms with Crippen LogP contribution in [0.25, 0.3) is 11.3 Å². The molecule has 0 saturated heterocycles. The van der Waals surface area contributed by atoms with Gasteiger partial charge in [0.15, 0.2) is 16.7 Å².